The first-order chi connectivity index (χ1) is 13.4. The predicted molar refractivity (Wildman–Crippen MR) is 104 cm³/mol. The van der Waals surface area contributed by atoms with Crippen LogP contribution in [-0.4, -0.2) is 53.4 Å². The smallest absolute Gasteiger partial charge is 0.274 e. The number of hydrogen-bond acceptors (Lipinski definition) is 4. The lowest BCUT2D eigenvalue weighted by Crippen LogP contribution is -2.38. The second-order valence-corrected chi connectivity index (χ2v) is 9.90. The molecule has 1 amide bonds. The quantitative estimate of drug-likeness (QED) is 0.787. The number of aromatic nitrogens is 2. The molecule has 28 heavy (non-hydrogen) atoms. The van der Waals surface area contributed by atoms with E-state index in [0.717, 1.165) is 43.5 Å². The molecule has 0 unspecified atom stereocenters. The van der Waals surface area contributed by atoms with Gasteiger partial charge in [-0.3, -0.25) is 4.79 Å². The van der Waals surface area contributed by atoms with Crippen LogP contribution in [0.4, 0.5) is 4.39 Å². The number of halogens is 1. The number of amides is 1. The molecule has 4 rings (SSSR count). The SMILES string of the molecule is CN(C(=O)c1nc(-c2ccc(F)cc2)n2c1CCCCC2)[C@H]1CCS(=O)(=O)C1. The molecule has 1 saturated heterocycles. The highest BCUT2D eigenvalue weighted by Crippen LogP contribution is 2.29. The first-order valence-corrected chi connectivity index (χ1v) is 11.5. The van der Waals surface area contributed by atoms with Crippen LogP contribution in [0.2, 0.25) is 0 Å². The fourth-order valence-corrected chi connectivity index (χ4v) is 5.90. The summed E-state index contributed by atoms with van der Waals surface area (Å²) < 4.78 is 39.0. The van der Waals surface area contributed by atoms with Gasteiger partial charge in [0.15, 0.2) is 9.84 Å². The molecular weight excluding hydrogens is 381 g/mol. The van der Waals surface area contributed by atoms with Crippen molar-refractivity contribution in [2.24, 2.45) is 0 Å². The van der Waals surface area contributed by atoms with Crippen molar-refractivity contribution in [1.29, 1.82) is 0 Å². The second-order valence-electron chi connectivity index (χ2n) is 7.67. The third-order valence-electron chi connectivity index (χ3n) is 5.75. The van der Waals surface area contributed by atoms with E-state index in [2.05, 4.69) is 9.55 Å². The van der Waals surface area contributed by atoms with E-state index in [1.165, 1.54) is 17.0 Å². The van der Waals surface area contributed by atoms with Gasteiger partial charge in [0.05, 0.1) is 17.2 Å². The molecule has 0 spiro atoms. The average Bonchev–Trinajstić information content (AvgIpc) is 3.11. The number of carbonyl (C=O) groups excluding carboxylic acids is 1. The maximum atomic E-state index is 13.3. The van der Waals surface area contributed by atoms with E-state index in [1.807, 2.05) is 0 Å². The van der Waals surface area contributed by atoms with E-state index in [4.69, 9.17) is 0 Å². The van der Waals surface area contributed by atoms with Gasteiger partial charge >= 0.3 is 0 Å². The highest BCUT2D eigenvalue weighted by atomic mass is 32.2. The van der Waals surface area contributed by atoms with Gasteiger partial charge in [-0.2, -0.15) is 0 Å². The highest BCUT2D eigenvalue weighted by molar-refractivity contribution is 7.91. The number of benzene rings is 1. The zero-order chi connectivity index (χ0) is 19.9. The van der Waals surface area contributed by atoms with Crippen molar-refractivity contribution in [2.45, 2.75) is 44.7 Å². The Bertz CT molecular complexity index is 998. The van der Waals surface area contributed by atoms with Gasteiger partial charge in [0.1, 0.15) is 17.3 Å². The zero-order valence-electron chi connectivity index (χ0n) is 15.9. The Kier molecular flexibility index (Phi) is 4.99. The van der Waals surface area contributed by atoms with Crippen LogP contribution in [0, 0.1) is 5.82 Å². The van der Waals surface area contributed by atoms with Crippen molar-refractivity contribution in [2.75, 3.05) is 18.6 Å². The largest absolute Gasteiger partial charge is 0.336 e. The molecule has 2 aliphatic rings. The Hall–Kier alpha value is -2.22. The van der Waals surface area contributed by atoms with Crippen LogP contribution in [-0.2, 0) is 22.8 Å². The second kappa shape index (κ2) is 7.31. The first-order valence-electron chi connectivity index (χ1n) is 9.68. The zero-order valence-corrected chi connectivity index (χ0v) is 16.7. The van der Waals surface area contributed by atoms with Crippen LogP contribution >= 0.6 is 0 Å². The number of sulfone groups is 1. The van der Waals surface area contributed by atoms with Gasteiger partial charge < -0.3 is 9.47 Å². The molecule has 2 aliphatic heterocycles. The van der Waals surface area contributed by atoms with Gasteiger partial charge in [0.25, 0.3) is 5.91 Å². The normalized spacial score (nSPS) is 21.1. The van der Waals surface area contributed by atoms with Crippen LogP contribution < -0.4 is 0 Å². The predicted octanol–water partition coefficient (Wildman–Crippen LogP) is 2.67. The minimum absolute atomic E-state index is 0.0100. The molecule has 0 radical (unpaired) electrons. The fourth-order valence-electron chi connectivity index (χ4n) is 4.12. The van der Waals surface area contributed by atoms with E-state index < -0.39 is 9.84 Å². The van der Waals surface area contributed by atoms with E-state index in [9.17, 15) is 17.6 Å². The highest BCUT2D eigenvalue weighted by Gasteiger charge is 2.35. The summed E-state index contributed by atoms with van der Waals surface area (Å²) in [6.07, 6.45) is 4.28. The van der Waals surface area contributed by atoms with Crippen molar-refractivity contribution in [3.8, 4) is 11.4 Å². The molecule has 0 N–H and O–H groups in total. The molecule has 6 nitrogen and oxygen atoms in total. The van der Waals surface area contributed by atoms with Crippen molar-refractivity contribution in [1.82, 2.24) is 14.5 Å². The standard InChI is InChI=1S/C20H24FN3O3S/c1-23(16-10-12-28(26,27)13-16)20(25)18-17-5-3-2-4-11-24(17)19(22-18)14-6-8-15(21)9-7-14/h6-9,16H,2-5,10-13H2,1H3/t16-/m0/s1. The molecule has 0 bridgehead atoms. The summed E-state index contributed by atoms with van der Waals surface area (Å²) in [6, 6.07) is 5.83. The average molecular weight is 405 g/mol. The lowest BCUT2D eigenvalue weighted by Gasteiger charge is -2.23. The van der Waals surface area contributed by atoms with Crippen molar-refractivity contribution < 1.29 is 17.6 Å². The maximum Gasteiger partial charge on any atom is 0.274 e. The van der Waals surface area contributed by atoms with Crippen molar-refractivity contribution in [3.05, 3.63) is 41.5 Å². The third kappa shape index (κ3) is 3.57. The molecule has 0 aliphatic carbocycles. The van der Waals surface area contributed by atoms with Crippen molar-refractivity contribution >= 4 is 15.7 Å². The molecule has 3 heterocycles. The van der Waals surface area contributed by atoms with E-state index in [-0.39, 0.29) is 29.3 Å². The molecule has 2 aromatic rings. The summed E-state index contributed by atoms with van der Waals surface area (Å²) in [5.41, 5.74) is 2.07. The van der Waals surface area contributed by atoms with Gasteiger partial charge in [-0.15, -0.1) is 0 Å². The minimum Gasteiger partial charge on any atom is -0.336 e. The number of imidazole rings is 1. The van der Waals surface area contributed by atoms with Gasteiger partial charge in [-0.05, 0) is 49.9 Å². The Morgan fingerprint density at radius 2 is 1.96 bits per heavy atom. The molecule has 1 aromatic carbocycles. The van der Waals surface area contributed by atoms with E-state index in [1.54, 1.807) is 19.2 Å². The number of hydrogen-bond donors (Lipinski definition) is 0. The van der Waals surface area contributed by atoms with Gasteiger partial charge in [0.2, 0.25) is 0 Å². The third-order valence-corrected chi connectivity index (χ3v) is 7.50. The molecule has 8 heteroatoms. The topological polar surface area (TPSA) is 72.3 Å². The number of nitrogens with zero attached hydrogens (tertiary/aromatic N) is 3. The van der Waals surface area contributed by atoms with Crippen LogP contribution in [0.3, 0.4) is 0 Å². The van der Waals surface area contributed by atoms with Gasteiger partial charge in [-0.25, -0.2) is 17.8 Å². The molecule has 150 valence electrons. The summed E-state index contributed by atoms with van der Waals surface area (Å²) in [6.45, 7) is 0.768. The van der Waals surface area contributed by atoms with Gasteiger partial charge in [0, 0.05) is 25.2 Å². The summed E-state index contributed by atoms with van der Waals surface area (Å²) in [5.74, 6) is 0.256. The van der Waals surface area contributed by atoms with E-state index in [0.29, 0.717) is 17.9 Å². The maximum absolute atomic E-state index is 13.3. The van der Waals surface area contributed by atoms with Crippen LogP contribution in [0.25, 0.3) is 11.4 Å². The number of rotatable bonds is 3. The van der Waals surface area contributed by atoms with Crippen molar-refractivity contribution in [3.63, 3.8) is 0 Å². The Labute approximate surface area is 164 Å². The van der Waals surface area contributed by atoms with Gasteiger partial charge in [-0.1, -0.05) is 6.42 Å². The molecule has 1 atom stereocenters. The summed E-state index contributed by atoms with van der Waals surface area (Å²) >= 11 is 0. The monoisotopic (exact) mass is 405 g/mol. The molecule has 0 saturated carbocycles. The minimum atomic E-state index is -3.08. The van der Waals surface area contributed by atoms with Crippen LogP contribution in [0.1, 0.15) is 41.9 Å². The number of fused-ring (bicyclic) bond motifs is 1. The lowest BCUT2D eigenvalue weighted by molar-refractivity contribution is 0.0741. The van der Waals surface area contributed by atoms with Crippen LogP contribution in [0.5, 0.6) is 0 Å². The summed E-state index contributed by atoms with van der Waals surface area (Å²) in [5, 5.41) is 0. The Morgan fingerprint density at radius 1 is 1.21 bits per heavy atom. The summed E-state index contributed by atoms with van der Waals surface area (Å²) in [4.78, 5) is 19.4. The number of carbonyl (C=O) groups is 1. The van der Waals surface area contributed by atoms with E-state index >= 15 is 0 Å². The molecule has 1 fully saturated rings. The van der Waals surface area contributed by atoms with Crippen LogP contribution in [0.15, 0.2) is 24.3 Å². The fraction of sp³-hybridized carbons (Fsp3) is 0.500. The lowest BCUT2D eigenvalue weighted by atomic mass is 10.1. The first kappa shape index (κ1) is 19.1. The Morgan fingerprint density at radius 3 is 2.64 bits per heavy atom. The molecular formula is C20H24FN3O3S. The summed E-state index contributed by atoms with van der Waals surface area (Å²) in [7, 11) is -1.42. The molecule has 1 aromatic heterocycles. The Balaban J connectivity index is 1.72.